The first-order valence-corrected chi connectivity index (χ1v) is 23.0. The third kappa shape index (κ3) is 6.15. The van der Waals surface area contributed by atoms with Gasteiger partial charge >= 0.3 is 0 Å². The first-order chi connectivity index (χ1) is 33.7. The lowest BCUT2D eigenvalue weighted by atomic mass is 9.91. The average Bonchev–Trinajstić information content (AvgIpc) is 4.00. The lowest BCUT2D eigenvalue weighted by Crippen LogP contribution is -1.90. The van der Waals surface area contributed by atoms with Gasteiger partial charge in [-0.3, -0.25) is 9.97 Å². The number of furan rings is 2. The fourth-order valence-corrected chi connectivity index (χ4v) is 10.5. The second-order valence-corrected chi connectivity index (χ2v) is 17.7. The van der Waals surface area contributed by atoms with Gasteiger partial charge in [-0.2, -0.15) is 0 Å². The van der Waals surface area contributed by atoms with Crippen molar-refractivity contribution in [3.8, 4) is 66.8 Å². The molecule has 0 atom stereocenters. The Balaban J connectivity index is 0.846. The third-order valence-corrected chi connectivity index (χ3v) is 13.8. The molecular formula is C64H38N2O2. The van der Waals surface area contributed by atoms with Gasteiger partial charge in [0.15, 0.2) is 0 Å². The Kier molecular flexibility index (Phi) is 8.55. The highest BCUT2D eigenvalue weighted by Crippen LogP contribution is 2.42. The molecule has 0 aliphatic heterocycles. The van der Waals surface area contributed by atoms with Gasteiger partial charge in [-0.1, -0.05) is 170 Å². The predicted octanol–water partition coefficient (Wildman–Crippen LogP) is 17.7. The van der Waals surface area contributed by atoms with E-state index in [4.69, 9.17) is 18.8 Å². The first kappa shape index (κ1) is 38.2. The van der Waals surface area contributed by atoms with Gasteiger partial charge in [0, 0.05) is 55.8 Å². The summed E-state index contributed by atoms with van der Waals surface area (Å²) in [6, 6.07) is 78.2. The van der Waals surface area contributed by atoms with Crippen LogP contribution in [0.2, 0.25) is 0 Å². The normalized spacial score (nSPS) is 11.8. The summed E-state index contributed by atoms with van der Waals surface area (Å²) in [7, 11) is 0. The standard InChI is InChI=1S/C64H38N2O2/c1-3-25-59-51(19-1)55-23-9-21-49(63(55)67-59)47-17-7-15-43(35-47)39-11-5-13-41(33-39)45-27-29-53-57(37-45)58-38-46(28-30-54(58)62-61(53)65-31-32-66-62)42-14-6-12-40(34-42)44-16-8-18-48(36-44)50-22-10-24-56-52-20-2-4-26-60(52)68-64(50)56/h1-38H. The Morgan fingerprint density at radius 1 is 0.235 bits per heavy atom. The summed E-state index contributed by atoms with van der Waals surface area (Å²) in [6.45, 7) is 0. The molecule has 14 aromatic rings. The molecule has 68 heavy (non-hydrogen) atoms. The van der Waals surface area contributed by atoms with Gasteiger partial charge in [0.1, 0.15) is 22.3 Å². The van der Waals surface area contributed by atoms with Crippen LogP contribution in [0.1, 0.15) is 0 Å². The number of rotatable bonds is 6. The van der Waals surface area contributed by atoms with Crippen LogP contribution in [0.25, 0.3) is 143 Å². The molecule has 3 heterocycles. The molecule has 316 valence electrons. The second kappa shape index (κ2) is 15.2. The number of para-hydroxylation sites is 4. The molecule has 0 spiro atoms. The van der Waals surface area contributed by atoms with E-state index < -0.39 is 0 Å². The number of aromatic nitrogens is 2. The van der Waals surface area contributed by atoms with Crippen LogP contribution in [0.4, 0.5) is 0 Å². The quantitative estimate of drug-likeness (QED) is 0.156. The maximum atomic E-state index is 6.43. The number of hydrogen-bond donors (Lipinski definition) is 0. The Hall–Kier alpha value is -9.12. The summed E-state index contributed by atoms with van der Waals surface area (Å²) in [4.78, 5) is 9.77. The van der Waals surface area contributed by atoms with E-state index in [9.17, 15) is 0 Å². The fraction of sp³-hybridized carbons (Fsp3) is 0. The van der Waals surface area contributed by atoms with Crippen LogP contribution in [-0.4, -0.2) is 9.97 Å². The highest BCUT2D eigenvalue weighted by molar-refractivity contribution is 6.24. The molecule has 0 fully saturated rings. The Bertz CT molecular complexity index is 4070. The van der Waals surface area contributed by atoms with Crippen LogP contribution in [0.3, 0.4) is 0 Å². The van der Waals surface area contributed by atoms with Crippen LogP contribution >= 0.6 is 0 Å². The van der Waals surface area contributed by atoms with E-state index in [0.717, 1.165) is 143 Å². The molecule has 0 bridgehead atoms. The van der Waals surface area contributed by atoms with Crippen molar-refractivity contribution in [1.82, 2.24) is 9.97 Å². The molecule has 0 amide bonds. The summed E-state index contributed by atoms with van der Waals surface area (Å²) in [5.74, 6) is 0. The lowest BCUT2D eigenvalue weighted by molar-refractivity contribution is 0.669. The SMILES string of the molecule is c1cc(-c2cccc(-c3cccc4c3oc3ccccc34)c2)cc(-c2ccc3c(c2)c2cc(-c4cccc(-c5cccc(-c6cccc7c6oc6ccccc67)c5)c4)ccc2c2nccnc32)c1. The van der Waals surface area contributed by atoms with E-state index in [2.05, 4.69) is 194 Å². The Labute approximate surface area is 391 Å². The van der Waals surface area contributed by atoms with Gasteiger partial charge in [0.2, 0.25) is 0 Å². The second-order valence-electron chi connectivity index (χ2n) is 17.7. The van der Waals surface area contributed by atoms with Crippen molar-refractivity contribution in [3.05, 3.63) is 231 Å². The van der Waals surface area contributed by atoms with E-state index >= 15 is 0 Å². The lowest BCUT2D eigenvalue weighted by Gasteiger charge is -2.14. The van der Waals surface area contributed by atoms with Crippen molar-refractivity contribution in [2.45, 2.75) is 0 Å². The molecular weight excluding hydrogens is 829 g/mol. The largest absolute Gasteiger partial charge is 0.455 e. The van der Waals surface area contributed by atoms with E-state index in [0.29, 0.717) is 0 Å². The van der Waals surface area contributed by atoms with Crippen LogP contribution in [-0.2, 0) is 0 Å². The van der Waals surface area contributed by atoms with Crippen LogP contribution in [0.15, 0.2) is 240 Å². The first-order valence-electron chi connectivity index (χ1n) is 23.0. The molecule has 0 unspecified atom stereocenters. The van der Waals surface area contributed by atoms with E-state index in [1.165, 1.54) is 0 Å². The molecule has 3 aromatic heterocycles. The molecule has 4 heteroatoms. The number of nitrogens with zero attached hydrogens (tertiary/aromatic N) is 2. The number of hydrogen-bond acceptors (Lipinski definition) is 4. The topological polar surface area (TPSA) is 52.1 Å². The maximum Gasteiger partial charge on any atom is 0.143 e. The molecule has 0 aliphatic rings. The fourth-order valence-electron chi connectivity index (χ4n) is 10.5. The monoisotopic (exact) mass is 866 g/mol. The smallest absolute Gasteiger partial charge is 0.143 e. The average molecular weight is 867 g/mol. The van der Waals surface area contributed by atoms with Crippen molar-refractivity contribution >= 4 is 76.5 Å². The number of fused-ring (bicyclic) bond motifs is 12. The minimum atomic E-state index is 0.902. The summed E-state index contributed by atoms with van der Waals surface area (Å²) in [5, 5.41) is 8.96. The van der Waals surface area contributed by atoms with Gasteiger partial charge < -0.3 is 8.83 Å². The van der Waals surface area contributed by atoms with Crippen molar-refractivity contribution in [2.24, 2.45) is 0 Å². The van der Waals surface area contributed by atoms with Crippen molar-refractivity contribution < 1.29 is 8.83 Å². The molecule has 0 saturated carbocycles. The van der Waals surface area contributed by atoms with Crippen molar-refractivity contribution in [3.63, 3.8) is 0 Å². The van der Waals surface area contributed by atoms with Crippen LogP contribution in [0, 0.1) is 0 Å². The summed E-state index contributed by atoms with van der Waals surface area (Å²) in [5.41, 5.74) is 19.0. The Morgan fingerprint density at radius 3 is 1.00 bits per heavy atom. The van der Waals surface area contributed by atoms with Gasteiger partial charge in [-0.15, -0.1) is 0 Å². The van der Waals surface area contributed by atoms with Crippen LogP contribution < -0.4 is 0 Å². The van der Waals surface area contributed by atoms with Crippen molar-refractivity contribution in [2.75, 3.05) is 0 Å². The highest BCUT2D eigenvalue weighted by Gasteiger charge is 2.17. The zero-order valence-electron chi connectivity index (χ0n) is 36.7. The summed E-state index contributed by atoms with van der Waals surface area (Å²) < 4.78 is 12.9. The molecule has 4 nitrogen and oxygen atoms in total. The molecule has 0 aliphatic carbocycles. The van der Waals surface area contributed by atoms with Gasteiger partial charge in [-0.05, 0) is 115 Å². The van der Waals surface area contributed by atoms with Gasteiger partial charge in [0.25, 0.3) is 0 Å². The molecule has 14 rings (SSSR count). The van der Waals surface area contributed by atoms with Crippen molar-refractivity contribution in [1.29, 1.82) is 0 Å². The summed E-state index contributed by atoms with van der Waals surface area (Å²) >= 11 is 0. The maximum absolute atomic E-state index is 6.43. The molecule has 0 saturated heterocycles. The van der Waals surface area contributed by atoms with E-state index in [1.807, 2.05) is 24.3 Å². The third-order valence-electron chi connectivity index (χ3n) is 13.8. The zero-order valence-corrected chi connectivity index (χ0v) is 36.7. The molecule has 0 N–H and O–H groups in total. The van der Waals surface area contributed by atoms with Gasteiger partial charge in [0.05, 0.1) is 11.0 Å². The number of benzene rings is 11. The molecule has 11 aromatic carbocycles. The van der Waals surface area contributed by atoms with E-state index in [1.54, 1.807) is 12.4 Å². The minimum absolute atomic E-state index is 0.902. The predicted molar refractivity (Wildman–Crippen MR) is 282 cm³/mol. The molecule has 0 radical (unpaired) electrons. The van der Waals surface area contributed by atoms with Crippen LogP contribution in [0.5, 0.6) is 0 Å². The zero-order chi connectivity index (χ0) is 44.7. The summed E-state index contributed by atoms with van der Waals surface area (Å²) in [6.07, 6.45) is 3.58. The van der Waals surface area contributed by atoms with Gasteiger partial charge in [-0.25, -0.2) is 0 Å². The van der Waals surface area contributed by atoms with E-state index in [-0.39, 0.29) is 0 Å². The Morgan fingerprint density at radius 2 is 0.574 bits per heavy atom. The highest BCUT2D eigenvalue weighted by atomic mass is 16.3. The minimum Gasteiger partial charge on any atom is -0.455 e.